The molecule has 9 nitrogen and oxygen atoms in total. The van der Waals surface area contributed by atoms with E-state index >= 15 is 0 Å². The number of carboxylic acid groups (broad SMARTS) is 1. The number of carbonyl (C=O) groups is 4. The second-order valence-electron chi connectivity index (χ2n) is 6.05. The molecule has 1 amide bonds. The number of ether oxygens (including phenoxy) is 2. The van der Waals surface area contributed by atoms with Crippen molar-refractivity contribution >= 4 is 34.7 Å². The van der Waals surface area contributed by atoms with Crippen molar-refractivity contribution < 1.29 is 33.8 Å². The lowest BCUT2D eigenvalue weighted by Crippen LogP contribution is -2.50. The molecule has 0 fully saturated rings. The van der Waals surface area contributed by atoms with E-state index in [1.807, 2.05) is 0 Å². The Kier molecular flexibility index (Phi) is 6.64. The summed E-state index contributed by atoms with van der Waals surface area (Å²) in [6, 6.07) is 6.84. The fourth-order valence-corrected chi connectivity index (χ4v) is 2.90. The van der Waals surface area contributed by atoms with Gasteiger partial charge in [-0.15, -0.1) is 0 Å². The summed E-state index contributed by atoms with van der Waals surface area (Å²) >= 11 is 0. The Hall–Kier alpha value is -3.49. The second kappa shape index (κ2) is 8.94. The largest absolute Gasteiger partial charge is 0.480 e. The van der Waals surface area contributed by atoms with Gasteiger partial charge in [0.05, 0.1) is 25.3 Å². The summed E-state index contributed by atoms with van der Waals surface area (Å²) in [5.41, 5.74) is 0.570. The molecule has 0 saturated carbocycles. The van der Waals surface area contributed by atoms with Gasteiger partial charge in [-0.25, -0.2) is 4.79 Å². The predicted octanol–water partition coefficient (Wildman–Crippen LogP) is 1.02. The molecule has 2 atom stereocenters. The highest BCUT2D eigenvalue weighted by Gasteiger charge is 2.42. The first-order valence-corrected chi connectivity index (χ1v) is 8.34. The van der Waals surface area contributed by atoms with E-state index in [0.29, 0.717) is 10.9 Å². The summed E-state index contributed by atoms with van der Waals surface area (Å²) in [7, 11) is 2.14. The zero-order valence-corrected chi connectivity index (χ0v) is 15.5. The number of hydrogen-bond acceptors (Lipinski definition) is 7. The number of hydrogen-bond donors (Lipinski definition) is 2. The van der Waals surface area contributed by atoms with E-state index in [0.717, 1.165) is 14.2 Å². The van der Waals surface area contributed by atoms with Crippen LogP contribution in [0.1, 0.15) is 17.3 Å². The minimum Gasteiger partial charge on any atom is -0.480 e. The number of aromatic nitrogens is 1. The predicted molar refractivity (Wildman–Crippen MR) is 97.3 cm³/mol. The molecule has 0 unspecified atom stereocenters. The maximum Gasteiger partial charge on any atom is 0.326 e. The molecule has 0 bridgehead atoms. The number of amides is 1. The zero-order chi connectivity index (χ0) is 20.8. The summed E-state index contributed by atoms with van der Waals surface area (Å²) in [5.74, 6) is -6.66. The van der Waals surface area contributed by atoms with Crippen LogP contribution in [0.2, 0.25) is 0 Å². The van der Waals surface area contributed by atoms with Crippen molar-refractivity contribution in [2.45, 2.75) is 13.0 Å². The standard InChI is InChI=1S/C19H20N2O7/c1-10(13(18(25)27-2)19(26)28-3)14(17(23)24)21-16(22)12-8-4-6-11-7-5-9-20-15(11)12/h4-10,13-14H,1-3H3,(H,21,22)(H,23,24)/t10-,14-/m0/s1. The SMILES string of the molecule is COC(=O)C(C(=O)OC)[C@H](C)[C@H](NC(=O)c1cccc2cccnc12)C(=O)O. The normalized spacial score (nSPS) is 12.9. The topological polar surface area (TPSA) is 132 Å². The van der Waals surface area contributed by atoms with Gasteiger partial charge in [0.25, 0.3) is 5.91 Å². The van der Waals surface area contributed by atoms with E-state index < -0.39 is 41.7 Å². The highest BCUT2D eigenvalue weighted by atomic mass is 16.5. The van der Waals surface area contributed by atoms with E-state index in [1.165, 1.54) is 19.2 Å². The fourth-order valence-electron chi connectivity index (χ4n) is 2.90. The molecule has 28 heavy (non-hydrogen) atoms. The molecule has 2 aromatic rings. The van der Waals surface area contributed by atoms with Crippen LogP contribution in [0, 0.1) is 11.8 Å². The van der Waals surface area contributed by atoms with Gasteiger partial charge in [-0.2, -0.15) is 0 Å². The number of para-hydroxylation sites is 1. The van der Waals surface area contributed by atoms with Gasteiger partial charge < -0.3 is 19.9 Å². The fraction of sp³-hybridized carbons (Fsp3) is 0.316. The Morgan fingerprint density at radius 1 is 1.04 bits per heavy atom. The van der Waals surface area contributed by atoms with Crippen molar-refractivity contribution in [2.75, 3.05) is 14.2 Å². The molecular weight excluding hydrogens is 368 g/mol. The summed E-state index contributed by atoms with van der Waals surface area (Å²) in [6.07, 6.45) is 1.51. The third kappa shape index (κ3) is 4.25. The molecule has 0 aliphatic carbocycles. The smallest absolute Gasteiger partial charge is 0.326 e. The number of benzene rings is 1. The summed E-state index contributed by atoms with van der Waals surface area (Å²) in [4.78, 5) is 52.6. The van der Waals surface area contributed by atoms with Gasteiger partial charge in [0, 0.05) is 17.5 Å². The Bertz CT molecular complexity index is 891. The zero-order valence-electron chi connectivity index (χ0n) is 15.5. The third-order valence-corrected chi connectivity index (χ3v) is 4.39. The Balaban J connectivity index is 2.35. The summed E-state index contributed by atoms with van der Waals surface area (Å²) in [6.45, 7) is 1.35. The van der Waals surface area contributed by atoms with Crippen molar-refractivity contribution in [3.8, 4) is 0 Å². The van der Waals surface area contributed by atoms with Gasteiger partial charge in [0.2, 0.25) is 0 Å². The number of carbonyl (C=O) groups excluding carboxylic acids is 3. The molecule has 9 heteroatoms. The van der Waals surface area contributed by atoms with Gasteiger partial charge in [0.15, 0.2) is 5.92 Å². The highest BCUT2D eigenvalue weighted by molar-refractivity contribution is 6.06. The molecule has 0 spiro atoms. The van der Waals surface area contributed by atoms with E-state index in [2.05, 4.69) is 19.8 Å². The maximum atomic E-state index is 12.7. The molecule has 148 valence electrons. The first-order chi connectivity index (χ1) is 13.3. The lowest BCUT2D eigenvalue weighted by Gasteiger charge is -2.26. The average molecular weight is 388 g/mol. The van der Waals surface area contributed by atoms with E-state index in [9.17, 15) is 24.3 Å². The molecule has 2 N–H and O–H groups in total. The number of rotatable bonds is 7. The van der Waals surface area contributed by atoms with Crippen LogP contribution in [0.25, 0.3) is 10.9 Å². The van der Waals surface area contributed by atoms with Crippen LogP contribution in [-0.2, 0) is 23.9 Å². The van der Waals surface area contributed by atoms with Crippen LogP contribution in [0.15, 0.2) is 36.5 Å². The van der Waals surface area contributed by atoms with Crippen molar-refractivity contribution in [3.05, 3.63) is 42.1 Å². The Labute approximate surface area is 160 Å². The van der Waals surface area contributed by atoms with Gasteiger partial charge in [0.1, 0.15) is 6.04 Å². The van der Waals surface area contributed by atoms with E-state index in [-0.39, 0.29) is 5.56 Å². The number of aliphatic carboxylic acids is 1. The van der Waals surface area contributed by atoms with Crippen LogP contribution < -0.4 is 5.32 Å². The number of nitrogens with one attached hydrogen (secondary N) is 1. The molecule has 2 rings (SSSR count). The molecule has 1 aromatic heterocycles. The van der Waals surface area contributed by atoms with Crippen LogP contribution in [-0.4, -0.2) is 54.2 Å². The van der Waals surface area contributed by atoms with E-state index in [1.54, 1.807) is 24.3 Å². The Morgan fingerprint density at radius 2 is 1.64 bits per heavy atom. The Morgan fingerprint density at radius 3 is 2.21 bits per heavy atom. The summed E-state index contributed by atoms with van der Waals surface area (Å²) in [5, 5.41) is 12.7. The third-order valence-electron chi connectivity index (χ3n) is 4.39. The van der Waals surface area contributed by atoms with Gasteiger partial charge in [-0.1, -0.05) is 25.1 Å². The molecule has 1 heterocycles. The first-order valence-electron chi connectivity index (χ1n) is 8.34. The molecule has 1 aromatic carbocycles. The lowest BCUT2D eigenvalue weighted by atomic mass is 9.87. The maximum absolute atomic E-state index is 12.7. The molecule has 0 radical (unpaired) electrons. The number of esters is 2. The van der Waals surface area contributed by atoms with Crippen LogP contribution in [0.5, 0.6) is 0 Å². The number of methoxy groups -OCH3 is 2. The number of carboxylic acids is 1. The van der Waals surface area contributed by atoms with Gasteiger partial charge >= 0.3 is 17.9 Å². The molecule has 0 aliphatic heterocycles. The van der Waals surface area contributed by atoms with Crippen molar-refractivity contribution in [2.24, 2.45) is 11.8 Å². The number of pyridine rings is 1. The second-order valence-corrected chi connectivity index (χ2v) is 6.05. The van der Waals surface area contributed by atoms with Gasteiger partial charge in [-0.3, -0.25) is 19.4 Å². The monoisotopic (exact) mass is 388 g/mol. The van der Waals surface area contributed by atoms with E-state index in [4.69, 9.17) is 0 Å². The van der Waals surface area contributed by atoms with Crippen molar-refractivity contribution in [3.63, 3.8) is 0 Å². The lowest BCUT2D eigenvalue weighted by molar-refractivity contribution is -0.162. The van der Waals surface area contributed by atoms with Crippen LogP contribution in [0.3, 0.4) is 0 Å². The van der Waals surface area contributed by atoms with Crippen molar-refractivity contribution in [1.82, 2.24) is 10.3 Å². The average Bonchev–Trinajstić information content (AvgIpc) is 2.70. The quantitative estimate of drug-likeness (QED) is 0.531. The number of fused-ring (bicyclic) bond motifs is 1. The van der Waals surface area contributed by atoms with Crippen LogP contribution >= 0.6 is 0 Å². The number of nitrogens with zero attached hydrogens (tertiary/aromatic N) is 1. The molecular formula is C19H20N2O7. The first kappa shape index (κ1) is 20.8. The highest BCUT2D eigenvalue weighted by Crippen LogP contribution is 2.21. The van der Waals surface area contributed by atoms with Crippen molar-refractivity contribution in [1.29, 1.82) is 0 Å². The minimum absolute atomic E-state index is 0.171. The molecule has 0 saturated heterocycles. The summed E-state index contributed by atoms with van der Waals surface area (Å²) < 4.78 is 9.16. The molecule has 0 aliphatic rings. The minimum atomic E-state index is -1.55. The van der Waals surface area contributed by atoms with Gasteiger partial charge in [-0.05, 0) is 12.1 Å². The van der Waals surface area contributed by atoms with Crippen LogP contribution in [0.4, 0.5) is 0 Å².